The summed E-state index contributed by atoms with van der Waals surface area (Å²) in [7, 11) is -2.36. The fourth-order valence-corrected chi connectivity index (χ4v) is 5.68. The van der Waals surface area contributed by atoms with E-state index in [4.69, 9.17) is 0 Å². The van der Waals surface area contributed by atoms with Gasteiger partial charge in [-0.15, -0.1) is 11.3 Å². The fraction of sp³-hybridized carbons (Fsp3) is 0.320. The number of benzene rings is 2. The number of nitrogens with zero attached hydrogens (tertiary/aromatic N) is 1. The van der Waals surface area contributed by atoms with Crippen LogP contribution < -0.4 is 10.6 Å². The molecule has 0 atom stereocenters. The summed E-state index contributed by atoms with van der Waals surface area (Å²) in [6, 6.07) is 10.4. The number of anilines is 2. The Morgan fingerprint density at radius 1 is 1.14 bits per heavy atom. The summed E-state index contributed by atoms with van der Waals surface area (Å²) in [4.78, 5) is 28.0. The van der Waals surface area contributed by atoms with Crippen molar-refractivity contribution in [2.45, 2.75) is 38.1 Å². The maximum Gasteiger partial charge on any atom is 0.311 e. The first-order chi connectivity index (χ1) is 17.1. The number of carbonyl (C=O) groups excluding carboxylic acids is 2. The highest BCUT2D eigenvalue weighted by atomic mass is 32.2. The number of carbonyl (C=O) groups is 2. The second-order valence-corrected chi connectivity index (χ2v) is 11.5. The van der Waals surface area contributed by atoms with E-state index in [-0.39, 0.29) is 35.4 Å². The molecule has 0 unspecified atom stereocenters. The van der Waals surface area contributed by atoms with Crippen molar-refractivity contribution in [2.75, 3.05) is 23.5 Å². The molecule has 0 aliphatic carbocycles. The number of hydrogen-bond acceptors (Lipinski definition) is 8. The highest BCUT2D eigenvalue weighted by Crippen LogP contribution is 2.26. The van der Waals surface area contributed by atoms with Gasteiger partial charge >= 0.3 is 5.97 Å². The predicted octanol–water partition coefficient (Wildman–Crippen LogP) is 4.68. The van der Waals surface area contributed by atoms with Crippen LogP contribution in [0.1, 0.15) is 41.9 Å². The van der Waals surface area contributed by atoms with Crippen LogP contribution in [0.3, 0.4) is 0 Å². The SMILES string of the molecule is COC(=O)Cc1csc(NC(=O)c2ccc(CNc3ccc(F)cc3S(=O)(=O)CCC(C)C)cc2)n1. The third-order valence-corrected chi connectivity index (χ3v) is 7.85. The molecule has 0 saturated heterocycles. The average molecular weight is 534 g/mol. The number of amides is 1. The first kappa shape index (κ1) is 27.3. The maximum atomic E-state index is 13.8. The average Bonchev–Trinajstić information content (AvgIpc) is 3.28. The van der Waals surface area contributed by atoms with Crippen molar-refractivity contribution in [3.05, 3.63) is 70.5 Å². The topological polar surface area (TPSA) is 114 Å². The fourth-order valence-electron chi connectivity index (χ4n) is 3.21. The number of esters is 1. The van der Waals surface area contributed by atoms with E-state index in [1.165, 1.54) is 30.6 Å². The number of thiazole rings is 1. The lowest BCUT2D eigenvalue weighted by Crippen LogP contribution is -2.13. The summed E-state index contributed by atoms with van der Waals surface area (Å²) in [6.07, 6.45) is 0.509. The van der Waals surface area contributed by atoms with Gasteiger partial charge in [0, 0.05) is 17.5 Å². The molecule has 36 heavy (non-hydrogen) atoms. The molecular formula is C25H28FN3O5S2. The zero-order valence-electron chi connectivity index (χ0n) is 20.2. The molecular weight excluding hydrogens is 505 g/mol. The Morgan fingerprint density at radius 2 is 1.86 bits per heavy atom. The van der Waals surface area contributed by atoms with Crippen LogP contribution in [-0.4, -0.2) is 38.1 Å². The zero-order chi connectivity index (χ0) is 26.3. The van der Waals surface area contributed by atoms with Crippen molar-refractivity contribution in [3.63, 3.8) is 0 Å². The number of halogens is 1. The van der Waals surface area contributed by atoms with Crippen LogP contribution in [0.25, 0.3) is 0 Å². The van der Waals surface area contributed by atoms with E-state index in [9.17, 15) is 22.4 Å². The molecule has 1 amide bonds. The molecule has 3 rings (SSSR count). The third-order valence-electron chi connectivity index (χ3n) is 5.27. The second-order valence-electron chi connectivity index (χ2n) is 8.54. The van der Waals surface area contributed by atoms with Crippen LogP contribution >= 0.6 is 11.3 Å². The molecule has 0 spiro atoms. The van der Waals surface area contributed by atoms with Gasteiger partial charge in [-0.25, -0.2) is 17.8 Å². The Morgan fingerprint density at radius 3 is 2.53 bits per heavy atom. The minimum absolute atomic E-state index is 0.0271. The molecule has 2 aromatic carbocycles. The Balaban J connectivity index is 1.64. The number of hydrogen-bond donors (Lipinski definition) is 2. The van der Waals surface area contributed by atoms with Crippen molar-refractivity contribution in [1.29, 1.82) is 0 Å². The first-order valence-corrected chi connectivity index (χ1v) is 13.8. The monoisotopic (exact) mass is 533 g/mol. The molecule has 0 fully saturated rings. The molecule has 2 N–H and O–H groups in total. The largest absolute Gasteiger partial charge is 0.469 e. The molecule has 11 heteroatoms. The molecule has 1 aromatic heterocycles. The van der Waals surface area contributed by atoms with E-state index in [2.05, 4.69) is 20.4 Å². The van der Waals surface area contributed by atoms with Crippen molar-refractivity contribution in [3.8, 4) is 0 Å². The summed E-state index contributed by atoms with van der Waals surface area (Å²) in [5.74, 6) is -1.24. The van der Waals surface area contributed by atoms with E-state index < -0.39 is 21.6 Å². The Kier molecular flexibility index (Phi) is 9.16. The van der Waals surface area contributed by atoms with Crippen molar-refractivity contribution >= 4 is 43.9 Å². The number of ether oxygens (including phenoxy) is 1. The van der Waals surface area contributed by atoms with Crippen LogP contribution in [0.4, 0.5) is 15.2 Å². The van der Waals surface area contributed by atoms with E-state index >= 15 is 0 Å². The first-order valence-electron chi connectivity index (χ1n) is 11.2. The minimum atomic E-state index is -3.65. The van der Waals surface area contributed by atoms with Crippen LogP contribution in [0, 0.1) is 11.7 Å². The molecule has 0 saturated carbocycles. The van der Waals surface area contributed by atoms with Gasteiger partial charge in [0.1, 0.15) is 5.82 Å². The molecule has 0 radical (unpaired) electrons. The Hall–Kier alpha value is -3.31. The van der Waals surface area contributed by atoms with Crippen molar-refractivity contribution < 1.29 is 27.1 Å². The number of sulfone groups is 1. The molecule has 1 heterocycles. The van der Waals surface area contributed by atoms with Crippen LogP contribution in [0.15, 0.2) is 52.7 Å². The van der Waals surface area contributed by atoms with Gasteiger partial charge in [0.25, 0.3) is 5.91 Å². The molecule has 0 aliphatic rings. The van der Waals surface area contributed by atoms with Gasteiger partial charge in [-0.05, 0) is 48.2 Å². The minimum Gasteiger partial charge on any atom is -0.469 e. The highest BCUT2D eigenvalue weighted by molar-refractivity contribution is 7.91. The number of rotatable bonds is 11. The standard InChI is InChI=1S/C25H28FN3O5S2/c1-16(2)10-11-36(32,33)22-12-19(26)8-9-21(22)27-14-17-4-6-18(7-5-17)24(31)29-25-28-20(15-35-25)13-23(30)34-3/h4-9,12,15-16,27H,10-11,13-14H2,1-3H3,(H,28,29,31). The van der Waals surface area contributed by atoms with Gasteiger partial charge in [-0.3, -0.25) is 14.9 Å². The highest BCUT2D eigenvalue weighted by Gasteiger charge is 2.20. The Bertz CT molecular complexity index is 1320. The van der Waals surface area contributed by atoms with Gasteiger partial charge in [0.2, 0.25) is 0 Å². The summed E-state index contributed by atoms with van der Waals surface area (Å²) < 4.78 is 44.0. The molecule has 3 aromatic rings. The van der Waals surface area contributed by atoms with Crippen molar-refractivity contribution in [2.24, 2.45) is 5.92 Å². The normalized spacial score (nSPS) is 11.4. The van der Waals surface area contributed by atoms with Gasteiger partial charge in [-0.2, -0.15) is 0 Å². The van der Waals surface area contributed by atoms with Gasteiger partial charge in [-0.1, -0.05) is 26.0 Å². The zero-order valence-corrected chi connectivity index (χ0v) is 21.8. The van der Waals surface area contributed by atoms with Gasteiger partial charge in [0.05, 0.1) is 35.6 Å². The van der Waals surface area contributed by atoms with Gasteiger partial charge in [0.15, 0.2) is 15.0 Å². The Labute approximate surface area is 213 Å². The summed E-state index contributed by atoms with van der Waals surface area (Å²) >= 11 is 1.21. The van der Waals surface area contributed by atoms with E-state index in [1.807, 2.05) is 13.8 Å². The van der Waals surface area contributed by atoms with Crippen molar-refractivity contribution in [1.82, 2.24) is 4.98 Å². The number of aromatic nitrogens is 1. The maximum absolute atomic E-state index is 13.8. The lowest BCUT2D eigenvalue weighted by molar-refractivity contribution is -0.139. The molecule has 8 nitrogen and oxygen atoms in total. The molecule has 192 valence electrons. The van der Waals surface area contributed by atoms with Gasteiger partial charge < -0.3 is 10.1 Å². The summed E-state index contributed by atoms with van der Waals surface area (Å²) in [5.41, 5.74) is 2.04. The molecule has 0 bridgehead atoms. The van der Waals surface area contributed by atoms with E-state index in [0.717, 1.165) is 11.6 Å². The van der Waals surface area contributed by atoms with E-state index in [0.29, 0.717) is 28.5 Å². The number of nitrogens with one attached hydrogen (secondary N) is 2. The predicted molar refractivity (Wildman–Crippen MR) is 137 cm³/mol. The lowest BCUT2D eigenvalue weighted by Gasteiger charge is -2.14. The van der Waals surface area contributed by atoms with Crippen LogP contribution in [0.2, 0.25) is 0 Å². The lowest BCUT2D eigenvalue weighted by atomic mass is 10.1. The smallest absolute Gasteiger partial charge is 0.311 e. The summed E-state index contributed by atoms with van der Waals surface area (Å²) in [6.45, 7) is 4.15. The van der Waals surface area contributed by atoms with Crippen LogP contribution in [0.5, 0.6) is 0 Å². The number of methoxy groups -OCH3 is 1. The molecule has 0 aliphatic heterocycles. The quantitative estimate of drug-likeness (QED) is 0.344. The van der Waals surface area contributed by atoms with E-state index in [1.54, 1.807) is 29.6 Å². The third kappa shape index (κ3) is 7.59. The summed E-state index contributed by atoms with van der Waals surface area (Å²) in [5, 5.41) is 7.81. The van der Waals surface area contributed by atoms with Crippen LogP contribution in [-0.2, 0) is 32.3 Å². The second kappa shape index (κ2) is 12.1.